The number of nitrogens with one attached hydrogen (secondary N) is 1. The van der Waals surface area contributed by atoms with E-state index in [2.05, 4.69) is 34.5 Å². The predicted octanol–water partition coefficient (Wildman–Crippen LogP) is 2.66. The zero-order valence-corrected chi connectivity index (χ0v) is 15.3. The molecule has 24 heavy (non-hydrogen) atoms. The maximum absolute atomic E-state index is 13.1. The zero-order chi connectivity index (χ0) is 16.1. The third-order valence-corrected chi connectivity index (χ3v) is 5.28. The fourth-order valence-corrected chi connectivity index (χ4v) is 3.97. The molecule has 4 nitrogen and oxygen atoms in total. The summed E-state index contributed by atoms with van der Waals surface area (Å²) in [6.45, 7) is 2.79. The average molecular weight is 353 g/mol. The van der Waals surface area contributed by atoms with Crippen LogP contribution in [0.25, 0.3) is 0 Å². The van der Waals surface area contributed by atoms with Crippen molar-refractivity contribution in [1.29, 1.82) is 0 Å². The smallest absolute Gasteiger partial charge is 0.226 e. The second-order valence-corrected chi connectivity index (χ2v) is 6.73. The van der Waals surface area contributed by atoms with Crippen molar-refractivity contribution in [2.45, 2.75) is 44.2 Å². The molecule has 2 aliphatic heterocycles. The zero-order valence-electron chi connectivity index (χ0n) is 14.4. The summed E-state index contributed by atoms with van der Waals surface area (Å²) in [5.74, 6) is 0.527. The van der Waals surface area contributed by atoms with Gasteiger partial charge in [-0.05, 0) is 50.8 Å². The summed E-state index contributed by atoms with van der Waals surface area (Å²) in [5, 5.41) is 3.35. The lowest BCUT2D eigenvalue weighted by Crippen LogP contribution is -2.55. The molecule has 2 aliphatic rings. The first-order valence-electron chi connectivity index (χ1n) is 8.87. The number of carbonyl (C=O) groups excluding carboxylic acids is 1. The van der Waals surface area contributed by atoms with Gasteiger partial charge in [0.2, 0.25) is 5.91 Å². The van der Waals surface area contributed by atoms with Crippen molar-refractivity contribution in [2.24, 2.45) is 5.92 Å². The molecule has 1 N–H and O–H groups in total. The number of hydrogen-bond acceptors (Lipinski definition) is 3. The van der Waals surface area contributed by atoms with Crippen molar-refractivity contribution in [3.05, 3.63) is 35.9 Å². The van der Waals surface area contributed by atoms with E-state index in [1.807, 2.05) is 6.07 Å². The van der Waals surface area contributed by atoms with E-state index < -0.39 is 0 Å². The van der Waals surface area contributed by atoms with Gasteiger partial charge in [0.05, 0.1) is 12.1 Å². The fraction of sp³-hybridized carbons (Fsp3) is 0.632. The lowest BCUT2D eigenvalue weighted by atomic mass is 9.89. The number of carbonyl (C=O) groups is 1. The maximum atomic E-state index is 13.1. The number of piperidine rings is 2. The number of hydrogen-bond donors (Lipinski definition) is 1. The highest BCUT2D eigenvalue weighted by Gasteiger charge is 2.37. The largest absolute Gasteiger partial charge is 0.379 e. The number of benzene rings is 1. The van der Waals surface area contributed by atoms with E-state index in [-0.39, 0.29) is 30.5 Å². The molecule has 0 bridgehead atoms. The van der Waals surface area contributed by atoms with Crippen LogP contribution in [-0.2, 0) is 16.0 Å². The number of ether oxygens (including phenoxy) is 1. The molecule has 2 heterocycles. The van der Waals surface area contributed by atoms with Gasteiger partial charge in [0.25, 0.3) is 0 Å². The van der Waals surface area contributed by atoms with Gasteiger partial charge in [-0.2, -0.15) is 0 Å². The summed E-state index contributed by atoms with van der Waals surface area (Å²) in [4.78, 5) is 15.2. The van der Waals surface area contributed by atoms with Crippen molar-refractivity contribution in [3.63, 3.8) is 0 Å². The average Bonchev–Trinajstić information content (AvgIpc) is 2.63. The minimum Gasteiger partial charge on any atom is -0.379 e. The summed E-state index contributed by atoms with van der Waals surface area (Å²) in [6.07, 6.45) is 5.05. The predicted molar refractivity (Wildman–Crippen MR) is 98.5 cm³/mol. The molecule has 0 saturated carbocycles. The molecule has 5 heteroatoms. The molecule has 0 unspecified atom stereocenters. The van der Waals surface area contributed by atoms with Crippen LogP contribution in [0.3, 0.4) is 0 Å². The molecule has 1 aromatic rings. The summed E-state index contributed by atoms with van der Waals surface area (Å²) in [6, 6.07) is 10.6. The molecular formula is C19H29ClN2O2. The Morgan fingerprint density at radius 2 is 1.92 bits per heavy atom. The normalized spacial score (nSPS) is 25.1. The van der Waals surface area contributed by atoms with Crippen molar-refractivity contribution < 1.29 is 9.53 Å². The van der Waals surface area contributed by atoms with Crippen molar-refractivity contribution in [1.82, 2.24) is 10.2 Å². The Hall–Kier alpha value is -1.10. The number of rotatable bonds is 4. The summed E-state index contributed by atoms with van der Waals surface area (Å²) in [5.41, 5.74) is 1.28. The Labute approximate surface area is 151 Å². The van der Waals surface area contributed by atoms with Gasteiger partial charge in [0, 0.05) is 19.6 Å². The van der Waals surface area contributed by atoms with E-state index in [1.165, 1.54) is 5.56 Å². The highest BCUT2D eigenvalue weighted by atomic mass is 35.5. The SMILES string of the molecule is CO[C@H]1CCCN(C(=O)C2CCNCC2)[C@H]1Cc1ccccc1.Cl. The van der Waals surface area contributed by atoms with Gasteiger partial charge in [0.1, 0.15) is 0 Å². The fourth-order valence-electron chi connectivity index (χ4n) is 3.97. The van der Waals surface area contributed by atoms with Crippen LogP contribution in [-0.4, -0.2) is 49.7 Å². The van der Waals surface area contributed by atoms with Crippen molar-refractivity contribution >= 4 is 18.3 Å². The molecule has 3 rings (SSSR count). The molecule has 0 spiro atoms. The first-order chi connectivity index (χ1) is 11.3. The quantitative estimate of drug-likeness (QED) is 0.905. The third kappa shape index (κ3) is 4.50. The number of nitrogens with zero attached hydrogens (tertiary/aromatic N) is 1. The highest BCUT2D eigenvalue weighted by molar-refractivity contribution is 5.85. The van der Waals surface area contributed by atoms with Crippen LogP contribution >= 0.6 is 12.4 Å². The Balaban J connectivity index is 0.00000208. The Kier molecular flexibility index (Phi) is 7.53. The van der Waals surface area contributed by atoms with Crippen molar-refractivity contribution in [3.8, 4) is 0 Å². The summed E-state index contributed by atoms with van der Waals surface area (Å²) in [7, 11) is 1.78. The van der Waals surface area contributed by atoms with Gasteiger partial charge >= 0.3 is 0 Å². The van der Waals surface area contributed by atoms with Crippen LogP contribution in [0.4, 0.5) is 0 Å². The van der Waals surface area contributed by atoms with Gasteiger partial charge in [-0.25, -0.2) is 0 Å². The van der Waals surface area contributed by atoms with Gasteiger partial charge < -0.3 is 15.0 Å². The molecule has 0 radical (unpaired) electrons. The standard InChI is InChI=1S/C19H28N2O2.ClH/c1-23-18-8-5-13-21(19(22)16-9-11-20-12-10-16)17(18)14-15-6-3-2-4-7-15;/h2-4,6-7,16-18,20H,5,8-14H2,1H3;1H/t17-,18-;/m0./s1. The van der Waals surface area contributed by atoms with E-state index in [4.69, 9.17) is 4.74 Å². The molecule has 1 amide bonds. The van der Waals surface area contributed by atoms with Gasteiger partial charge in [-0.1, -0.05) is 30.3 Å². The summed E-state index contributed by atoms with van der Waals surface area (Å²) < 4.78 is 5.74. The van der Waals surface area contributed by atoms with Crippen LogP contribution in [0.2, 0.25) is 0 Å². The third-order valence-electron chi connectivity index (χ3n) is 5.28. The lowest BCUT2D eigenvalue weighted by Gasteiger charge is -2.42. The number of methoxy groups -OCH3 is 1. The van der Waals surface area contributed by atoms with Crippen LogP contribution < -0.4 is 5.32 Å². The Morgan fingerprint density at radius 3 is 2.58 bits per heavy atom. The maximum Gasteiger partial charge on any atom is 0.226 e. The van der Waals surface area contributed by atoms with E-state index in [9.17, 15) is 4.79 Å². The molecule has 0 aromatic heterocycles. The van der Waals surface area contributed by atoms with Crippen LogP contribution in [0.5, 0.6) is 0 Å². The minimum atomic E-state index is 0. The molecule has 0 aliphatic carbocycles. The first kappa shape index (κ1) is 19.2. The second kappa shape index (κ2) is 9.40. The molecule has 2 atom stereocenters. The molecule has 2 fully saturated rings. The number of halogens is 1. The van der Waals surface area contributed by atoms with Crippen LogP contribution in [0, 0.1) is 5.92 Å². The van der Waals surface area contributed by atoms with Gasteiger partial charge in [0.15, 0.2) is 0 Å². The lowest BCUT2D eigenvalue weighted by molar-refractivity contribution is -0.145. The van der Waals surface area contributed by atoms with E-state index in [0.29, 0.717) is 5.91 Å². The molecule has 1 aromatic carbocycles. The van der Waals surface area contributed by atoms with E-state index >= 15 is 0 Å². The second-order valence-electron chi connectivity index (χ2n) is 6.73. The Morgan fingerprint density at radius 1 is 1.21 bits per heavy atom. The number of likely N-dealkylation sites (tertiary alicyclic amines) is 1. The Bertz CT molecular complexity index is 505. The van der Waals surface area contributed by atoms with Crippen molar-refractivity contribution in [2.75, 3.05) is 26.7 Å². The first-order valence-corrected chi connectivity index (χ1v) is 8.87. The summed E-state index contributed by atoms with van der Waals surface area (Å²) >= 11 is 0. The topological polar surface area (TPSA) is 41.6 Å². The molecule has 2 saturated heterocycles. The van der Waals surface area contributed by atoms with Gasteiger partial charge in [-0.15, -0.1) is 12.4 Å². The molecule has 134 valence electrons. The van der Waals surface area contributed by atoms with E-state index in [0.717, 1.165) is 51.7 Å². The molecular weight excluding hydrogens is 324 g/mol. The van der Waals surface area contributed by atoms with Gasteiger partial charge in [-0.3, -0.25) is 4.79 Å². The van der Waals surface area contributed by atoms with E-state index in [1.54, 1.807) is 7.11 Å². The minimum absolute atomic E-state index is 0. The van der Waals surface area contributed by atoms with Crippen LogP contribution in [0.1, 0.15) is 31.2 Å². The monoisotopic (exact) mass is 352 g/mol. The number of amides is 1. The van der Waals surface area contributed by atoms with Crippen LogP contribution in [0.15, 0.2) is 30.3 Å². The highest BCUT2D eigenvalue weighted by Crippen LogP contribution is 2.27.